The summed E-state index contributed by atoms with van der Waals surface area (Å²) in [6.07, 6.45) is 2.07. The van der Waals surface area contributed by atoms with Crippen molar-refractivity contribution in [3.8, 4) is 0 Å². The van der Waals surface area contributed by atoms with E-state index in [4.69, 9.17) is 0 Å². The second kappa shape index (κ2) is 5.83. The van der Waals surface area contributed by atoms with Gasteiger partial charge in [0.1, 0.15) is 5.82 Å². The highest BCUT2D eigenvalue weighted by Crippen LogP contribution is 2.20. The molecule has 0 fully saturated rings. The van der Waals surface area contributed by atoms with Gasteiger partial charge in [0.2, 0.25) is 0 Å². The number of thiol groups is 1. The van der Waals surface area contributed by atoms with Crippen molar-refractivity contribution < 1.29 is 0 Å². The molecular formula is C7H12N2S3. The predicted octanol–water partition coefficient (Wildman–Crippen LogP) is 2.51. The topological polar surface area (TPSA) is 25.8 Å². The second-order valence-electron chi connectivity index (χ2n) is 2.26. The highest BCUT2D eigenvalue weighted by molar-refractivity contribution is 8.00. The van der Waals surface area contributed by atoms with Crippen LogP contribution in [0.4, 0.5) is 0 Å². The van der Waals surface area contributed by atoms with E-state index in [1.54, 1.807) is 11.8 Å². The van der Waals surface area contributed by atoms with Crippen LogP contribution in [0.15, 0.2) is 4.34 Å². The Morgan fingerprint density at radius 3 is 3.00 bits per heavy atom. The largest absolute Gasteiger partial charge is 0.213 e. The van der Waals surface area contributed by atoms with Gasteiger partial charge in [-0.1, -0.05) is 18.7 Å². The Bertz CT molecular complexity index is 224. The molecule has 1 rings (SSSR count). The number of hydrogen-bond donors (Lipinski definition) is 1. The van der Waals surface area contributed by atoms with Crippen molar-refractivity contribution in [2.45, 2.75) is 24.1 Å². The second-order valence-corrected chi connectivity index (χ2v) is 4.80. The minimum Gasteiger partial charge on any atom is -0.213 e. The molecule has 0 saturated heterocycles. The Morgan fingerprint density at radius 1 is 1.58 bits per heavy atom. The minimum atomic E-state index is 0.934. The van der Waals surface area contributed by atoms with E-state index in [1.165, 1.54) is 11.5 Å². The standard InChI is InChI=1S/C7H12N2S3/c1-2-6-8-7(12-9-6)11-5-3-4-10/h10H,2-5H2,1H3. The number of rotatable bonds is 5. The SMILES string of the molecule is CCc1nsc(SCCCS)n1. The first-order valence-electron chi connectivity index (χ1n) is 3.93. The van der Waals surface area contributed by atoms with Gasteiger partial charge in [-0.2, -0.15) is 17.0 Å². The third kappa shape index (κ3) is 3.33. The molecule has 2 nitrogen and oxygen atoms in total. The zero-order valence-corrected chi connectivity index (χ0v) is 9.51. The Hall–Kier alpha value is 0.260. The molecule has 0 radical (unpaired) electrons. The van der Waals surface area contributed by atoms with Crippen molar-refractivity contribution in [2.24, 2.45) is 0 Å². The van der Waals surface area contributed by atoms with E-state index in [0.717, 1.165) is 34.5 Å². The van der Waals surface area contributed by atoms with Crippen molar-refractivity contribution >= 4 is 35.9 Å². The molecule has 0 bridgehead atoms. The molecule has 0 amide bonds. The van der Waals surface area contributed by atoms with Crippen LogP contribution >= 0.6 is 35.9 Å². The zero-order chi connectivity index (χ0) is 8.81. The van der Waals surface area contributed by atoms with Gasteiger partial charge >= 0.3 is 0 Å². The smallest absolute Gasteiger partial charge is 0.170 e. The Balaban J connectivity index is 2.31. The third-order valence-electron chi connectivity index (χ3n) is 1.29. The van der Waals surface area contributed by atoms with Crippen LogP contribution in [0, 0.1) is 0 Å². The molecule has 0 aliphatic heterocycles. The van der Waals surface area contributed by atoms with Gasteiger partial charge in [0.25, 0.3) is 0 Å². The van der Waals surface area contributed by atoms with E-state index >= 15 is 0 Å². The highest BCUT2D eigenvalue weighted by Gasteiger charge is 2.01. The first kappa shape index (κ1) is 10.3. The molecule has 0 aromatic carbocycles. The molecular weight excluding hydrogens is 208 g/mol. The van der Waals surface area contributed by atoms with E-state index in [9.17, 15) is 0 Å². The van der Waals surface area contributed by atoms with Crippen LogP contribution in [0.2, 0.25) is 0 Å². The van der Waals surface area contributed by atoms with Gasteiger partial charge in [-0.05, 0) is 23.7 Å². The molecule has 1 aromatic rings. The van der Waals surface area contributed by atoms with E-state index in [1.807, 2.05) is 0 Å². The molecule has 12 heavy (non-hydrogen) atoms. The summed E-state index contributed by atoms with van der Waals surface area (Å²) in [5, 5.41) is 0. The van der Waals surface area contributed by atoms with Gasteiger partial charge in [-0.15, -0.1) is 0 Å². The van der Waals surface area contributed by atoms with Gasteiger partial charge in [-0.3, -0.25) is 0 Å². The summed E-state index contributed by atoms with van der Waals surface area (Å²) in [5.74, 6) is 3.02. The molecule has 0 N–H and O–H groups in total. The van der Waals surface area contributed by atoms with Gasteiger partial charge in [0.05, 0.1) is 0 Å². The van der Waals surface area contributed by atoms with Gasteiger partial charge < -0.3 is 0 Å². The summed E-state index contributed by atoms with van der Waals surface area (Å²) >= 11 is 7.42. The van der Waals surface area contributed by atoms with E-state index < -0.39 is 0 Å². The lowest BCUT2D eigenvalue weighted by Gasteiger charge is -1.91. The van der Waals surface area contributed by atoms with Gasteiger partial charge in [0.15, 0.2) is 4.34 Å². The van der Waals surface area contributed by atoms with Crippen LogP contribution in [0.5, 0.6) is 0 Å². The number of aryl methyl sites for hydroxylation is 1. The van der Waals surface area contributed by atoms with Gasteiger partial charge in [0, 0.05) is 12.2 Å². The van der Waals surface area contributed by atoms with Crippen LogP contribution in [0.1, 0.15) is 19.2 Å². The van der Waals surface area contributed by atoms with Crippen molar-refractivity contribution in [1.29, 1.82) is 0 Å². The van der Waals surface area contributed by atoms with Crippen LogP contribution in [0.25, 0.3) is 0 Å². The maximum Gasteiger partial charge on any atom is 0.170 e. The zero-order valence-electron chi connectivity index (χ0n) is 6.99. The number of nitrogens with zero attached hydrogens (tertiary/aromatic N) is 2. The van der Waals surface area contributed by atoms with Crippen LogP contribution < -0.4 is 0 Å². The van der Waals surface area contributed by atoms with Crippen molar-refractivity contribution in [1.82, 2.24) is 9.36 Å². The molecule has 0 aliphatic rings. The summed E-state index contributed by atoms with van der Waals surface area (Å²) in [4.78, 5) is 4.35. The lowest BCUT2D eigenvalue weighted by molar-refractivity contribution is 0.970. The van der Waals surface area contributed by atoms with E-state index in [2.05, 4.69) is 28.9 Å². The molecule has 5 heteroatoms. The van der Waals surface area contributed by atoms with E-state index in [0.29, 0.717) is 0 Å². The molecule has 0 spiro atoms. The fraction of sp³-hybridized carbons (Fsp3) is 0.714. The summed E-state index contributed by atoms with van der Waals surface area (Å²) in [6.45, 7) is 2.07. The average molecular weight is 220 g/mol. The third-order valence-corrected chi connectivity index (χ3v) is 3.57. The first-order valence-corrected chi connectivity index (χ1v) is 6.32. The molecule has 0 atom stereocenters. The van der Waals surface area contributed by atoms with Gasteiger partial charge in [-0.25, -0.2) is 4.98 Å². The monoisotopic (exact) mass is 220 g/mol. The Kier molecular flexibility index (Phi) is 5.02. The summed E-state index contributed by atoms with van der Waals surface area (Å²) in [7, 11) is 0. The molecule has 68 valence electrons. The Labute approximate surface area is 86.8 Å². The first-order chi connectivity index (χ1) is 5.86. The van der Waals surface area contributed by atoms with E-state index in [-0.39, 0.29) is 0 Å². The van der Waals surface area contributed by atoms with Crippen LogP contribution in [-0.2, 0) is 6.42 Å². The fourth-order valence-electron chi connectivity index (χ4n) is 0.664. The van der Waals surface area contributed by atoms with Crippen molar-refractivity contribution in [2.75, 3.05) is 11.5 Å². The van der Waals surface area contributed by atoms with Crippen molar-refractivity contribution in [3.05, 3.63) is 5.82 Å². The summed E-state index contributed by atoms with van der Waals surface area (Å²) < 4.78 is 5.30. The summed E-state index contributed by atoms with van der Waals surface area (Å²) in [6, 6.07) is 0. The van der Waals surface area contributed by atoms with Crippen molar-refractivity contribution in [3.63, 3.8) is 0 Å². The fourth-order valence-corrected chi connectivity index (χ4v) is 2.74. The maximum atomic E-state index is 4.35. The summed E-state index contributed by atoms with van der Waals surface area (Å²) in [5.41, 5.74) is 0. The Morgan fingerprint density at radius 2 is 2.42 bits per heavy atom. The number of hydrogen-bond acceptors (Lipinski definition) is 5. The molecule has 0 aliphatic carbocycles. The quantitative estimate of drug-likeness (QED) is 0.469. The molecule has 1 heterocycles. The number of thioether (sulfide) groups is 1. The minimum absolute atomic E-state index is 0.934. The van der Waals surface area contributed by atoms with Crippen LogP contribution in [0.3, 0.4) is 0 Å². The number of aromatic nitrogens is 2. The lowest BCUT2D eigenvalue weighted by atomic mass is 10.5. The lowest BCUT2D eigenvalue weighted by Crippen LogP contribution is -1.83. The molecule has 0 saturated carbocycles. The molecule has 1 aromatic heterocycles. The highest BCUT2D eigenvalue weighted by atomic mass is 32.2. The maximum absolute atomic E-state index is 4.35. The predicted molar refractivity (Wildman–Crippen MR) is 58.5 cm³/mol. The normalized spacial score (nSPS) is 10.5. The molecule has 0 unspecified atom stereocenters. The average Bonchev–Trinajstić information content (AvgIpc) is 2.53. The van der Waals surface area contributed by atoms with Crippen LogP contribution in [-0.4, -0.2) is 20.9 Å².